The summed E-state index contributed by atoms with van der Waals surface area (Å²) < 4.78 is 10.8. The standard InChI is InChI=1S/C19H18ClN5O4/c1-10-8-23-15-16(22(3)19(28)24(17(15)27)9-11(2)26)21-18(23)25(10)12-5-6-14(29-4)13(20)7-12/h5-8H,9H2,1-4H3. The Morgan fingerprint density at radius 2 is 2.00 bits per heavy atom. The number of halogens is 1. The molecule has 9 nitrogen and oxygen atoms in total. The fourth-order valence-corrected chi connectivity index (χ4v) is 3.74. The maximum atomic E-state index is 13.0. The van der Waals surface area contributed by atoms with E-state index >= 15 is 0 Å². The molecule has 1 aromatic carbocycles. The number of imidazole rings is 2. The van der Waals surface area contributed by atoms with Crippen LogP contribution in [0.1, 0.15) is 12.6 Å². The summed E-state index contributed by atoms with van der Waals surface area (Å²) in [6, 6.07) is 5.30. The Morgan fingerprint density at radius 3 is 2.62 bits per heavy atom. The summed E-state index contributed by atoms with van der Waals surface area (Å²) in [5.74, 6) is 0.705. The zero-order chi connectivity index (χ0) is 21.0. The lowest BCUT2D eigenvalue weighted by atomic mass is 10.3. The van der Waals surface area contributed by atoms with Crippen LogP contribution in [0.4, 0.5) is 0 Å². The molecule has 150 valence electrons. The van der Waals surface area contributed by atoms with E-state index in [4.69, 9.17) is 16.3 Å². The van der Waals surface area contributed by atoms with Crippen molar-refractivity contribution in [2.45, 2.75) is 20.4 Å². The maximum Gasteiger partial charge on any atom is 0.332 e. The lowest BCUT2D eigenvalue weighted by molar-refractivity contribution is -0.117. The molecule has 0 saturated heterocycles. The molecule has 0 radical (unpaired) electrons. The van der Waals surface area contributed by atoms with Gasteiger partial charge in [0.05, 0.1) is 24.4 Å². The van der Waals surface area contributed by atoms with Crippen LogP contribution in [0.5, 0.6) is 5.75 Å². The third-order valence-corrected chi connectivity index (χ3v) is 5.10. The van der Waals surface area contributed by atoms with E-state index in [9.17, 15) is 14.4 Å². The van der Waals surface area contributed by atoms with E-state index < -0.39 is 11.2 Å². The number of ether oxygens (including phenoxy) is 1. The van der Waals surface area contributed by atoms with Crippen molar-refractivity contribution in [1.82, 2.24) is 23.1 Å². The number of Topliss-reactive ketones (excluding diaryl/α,β-unsaturated/α-hetero) is 1. The number of hydrogen-bond acceptors (Lipinski definition) is 5. The van der Waals surface area contributed by atoms with E-state index in [0.717, 1.165) is 15.9 Å². The van der Waals surface area contributed by atoms with Gasteiger partial charge in [-0.1, -0.05) is 11.6 Å². The van der Waals surface area contributed by atoms with Gasteiger partial charge in [0.15, 0.2) is 11.2 Å². The number of aromatic nitrogens is 5. The zero-order valence-corrected chi connectivity index (χ0v) is 17.0. The third-order valence-electron chi connectivity index (χ3n) is 4.80. The van der Waals surface area contributed by atoms with Gasteiger partial charge in [-0.2, -0.15) is 4.98 Å². The molecule has 3 heterocycles. The highest BCUT2D eigenvalue weighted by Crippen LogP contribution is 2.29. The minimum Gasteiger partial charge on any atom is -0.495 e. The quantitative estimate of drug-likeness (QED) is 0.505. The van der Waals surface area contributed by atoms with Gasteiger partial charge in [-0.3, -0.25) is 27.7 Å². The first kappa shape index (κ1) is 19.0. The number of methoxy groups -OCH3 is 1. The SMILES string of the molecule is COc1ccc(-n2c(C)cn3c4c(=O)n(CC(C)=O)c(=O)n(C)c4nc23)cc1Cl. The molecule has 0 amide bonds. The largest absolute Gasteiger partial charge is 0.495 e. The molecular weight excluding hydrogens is 398 g/mol. The van der Waals surface area contributed by atoms with Crippen LogP contribution in [0.25, 0.3) is 22.6 Å². The number of fused-ring (bicyclic) bond motifs is 3. The van der Waals surface area contributed by atoms with Crippen LogP contribution in [0.2, 0.25) is 5.02 Å². The fraction of sp³-hybridized carbons (Fsp3) is 0.263. The van der Waals surface area contributed by atoms with Crippen LogP contribution < -0.4 is 16.0 Å². The third kappa shape index (κ3) is 2.77. The minimum absolute atomic E-state index is 0.227. The van der Waals surface area contributed by atoms with Gasteiger partial charge in [0.2, 0.25) is 5.78 Å². The van der Waals surface area contributed by atoms with Gasteiger partial charge >= 0.3 is 5.69 Å². The number of benzene rings is 1. The first-order chi connectivity index (χ1) is 13.7. The van der Waals surface area contributed by atoms with Crippen molar-refractivity contribution in [2.75, 3.05) is 7.11 Å². The van der Waals surface area contributed by atoms with Crippen molar-refractivity contribution >= 4 is 34.3 Å². The van der Waals surface area contributed by atoms with Gasteiger partial charge < -0.3 is 4.74 Å². The highest BCUT2D eigenvalue weighted by molar-refractivity contribution is 6.32. The average Bonchev–Trinajstić information content (AvgIpc) is 3.17. The van der Waals surface area contributed by atoms with Crippen LogP contribution in [0, 0.1) is 6.92 Å². The predicted molar refractivity (Wildman–Crippen MR) is 109 cm³/mol. The van der Waals surface area contributed by atoms with Crippen molar-refractivity contribution in [1.29, 1.82) is 0 Å². The smallest absolute Gasteiger partial charge is 0.332 e. The molecule has 0 N–H and O–H groups in total. The van der Waals surface area contributed by atoms with E-state index in [1.165, 1.54) is 25.6 Å². The Hall–Kier alpha value is -3.33. The lowest BCUT2D eigenvalue weighted by Crippen LogP contribution is -2.40. The summed E-state index contributed by atoms with van der Waals surface area (Å²) in [5, 5.41) is 0.434. The molecule has 0 bridgehead atoms. The topological polar surface area (TPSA) is 92.5 Å². The predicted octanol–water partition coefficient (Wildman–Crippen LogP) is 1.70. The summed E-state index contributed by atoms with van der Waals surface area (Å²) >= 11 is 6.27. The van der Waals surface area contributed by atoms with Crippen LogP contribution in [-0.2, 0) is 18.4 Å². The van der Waals surface area contributed by atoms with Crippen LogP contribution in [0.3, 0.4) is 0 Å². The molecule has 0 spiro atoms. The van der Waals surface area contributed by atoms with Gasteiger partial charge in [0, 0.05) is 18.9 Å². The number of hydrogen-bond donors (Lipinski definition) is 0. The maximum absolute atomic E-state index is 13.0. The lowest BCUT2D eigenvalue weighted by Gasteiger charge is -2.09. The number of carbonyl (C=O) groups excluding carboxylic acids is 1. The molecule has 3 aromatic heterocycles. The summed E-state index contributed by atoms with van der Waals surface area (Å²) in [7, 11) is 3.06. The highest BCUT2D eigenvalue weighted by Gasteiger charge is 2.21. The molecule has 0 aliphatic rings. The van der Waals surface area contributed by atoms with Crippen molar-refractivity contribution in [3.63, 3.8) is 0 Å². The van der Waals surface area contributed by atoms with E-state index in [2.05, 4.69) is 4.98 Å². The summed E-state index contributed by atoms with van der Waals surface area (Å²) in [6.45, 7) is 2.91. The van der Waals surface area contributed by atoms with E-state index in [0.29, 0.717) is 16.5 Å². The number of ketones is 1. The van der Waals surface area contributed by atoms with Gasteiger partial charge in [-0.25, -0.2) is 4.79 Å². The Balaban J connectivity index is 2.08. The molecular formula is C19H18ClN5O4. The van der Waals surface area contributed by atoms with Gasteiger partial charge in [-0.15, -0.1) is 0 Å². The zero-order valence-electron chi connectivity index (χ0n) is 16.3. The van der Waals surface area contributed by atoms with Crippen molar-refractivity contribution < 1.29 is 9.53 Å². The summed E-state index contributed by atoms with van der Waals surface area (Å²) in [6.07, 6.45) is 1.76. The molecule has 0 aliphatic heterocycles. The van der Waals surface area contributed by atoms with Gasteiger partial charge in [-0.05, 0) is 32.0 Å². The number of aryl methyl sites for hydroxylation is 2. The highest BCUT2D eigenvalue weighted by atomic mass is 35.5. The van der Waals surface area contributed by atoms with Crippen molar-refractivity contribution in [2.24, 2.45) is 7.05 Å². The monoisotopic (exact) mass is 415 g/mol. The second-order valence-corrected chi connectivity index (χ2v) is 7.22. The summed E-state index contributed by atoms with van der Waals surface area (Å²) in [5.41, 5.74) is 0.854. The van der Waals surface area contributed by atoms with Crippen molar-refractivity contribution in [3.05, 3.63) is 56.0 Å². The first-order valence-corrected chi connectivity index (χ1v) is 9.15. The van der Waals surface area contributed by atoms with Crippen LogP contribution in [0.15, 0.2) is 34.0 Å². The van der Waals surface area contributed by atoms with Gasteiger partial charge in [0.1, 0.15) is 11.5 Å². The summed E-state index contributed by atoms with van der Waals surface area (Å²) in [4.78, 5) is 41.6. The molecule has 10 heteroatoms. The van der Waals surface area contributed by atoms with E-state index in [1.807, 2.05) is 17.6 Å². The fourth-order valence-electron chi connectivity index (χ4n) is 3.49. The Labute approximate surface area is 169 Å². The average molecular weight is 416 g/mol. The molecule has 0 aliphatic carbocycles. The van der Waals surface area contributed by atoms with Gasteiger partial charge in [0.25, 0.3) is 5.56 Å². The van der Waals surface area contributed by atoms with E-state index in [1.54, 1.807) is 22.7 Å². The Kier molecular flexibility index (Phi) is 4.34. The normalized spacial score (nSPS) is 11.5. The molecule has 29 heavy (non-hydrogen) atoms. The Morgan fingerprint density at radius 1 is 1.28 bits per heavy atom. The Bertz CT molecular complexity index is 1420. The second kappa shape index (κ2) is 6.63. The molecule has 4 aromatic rings. The van der Waals surface area contributed by atoms with Crippen LogP contribution in [-0.4, -0.2) is 36.0 Å². The molecule has 0 saturated carbocycles. The van der Waals surface area contributed by atoms with E-state index in [-0.39, 0.29) is 23.5 Å². The number of rotatable bonds is 4. The van der Waals surface area contributed by atoms with Crippen LogP contribution >= 0.6 is 11.6 Å². The number of nitrogens with zero attached hydrogens (tertiary/aromatic N) is 5. The molecule has 0 atom stereocenters. The molecule has 0 unspecified atom stereocenters. The van der Waals surface area contributed by atoms with Crippen molar-refractivity contribution in [3.8, 4) is 11.4 Å². The molecule has 0 fully saturated rings. The second-order valence-electron chi connectivity index (χ2n) is 6.81. The molecule has 4 rings (SSSR count). The number of carbonyl (C=O) groups is 1. The first-order valence-electron chi connectivity index (χ1n) is 8.78. The minimum atomic E-state index is -0.589.